The Balaban J connectivity index is 1.39. The molecule has 1 fully saturated rings. The van der Waals surface area contributed by atoms with Gasteiger partial charge < -0.3 is 20.3 Å². The van der Waals surface area contributed by atoms with E-state index in [4.69, 9.17) is 5.11 Å². The Labute approximate surface area is 210 Å². The average molecular weight is 516 g/mol. The summed E-state index contributed by atoms with van der Waals surface area (Å²) in [5.74, 6) is 0.909. The number of carboxylic acid groups (broad SMARTS) is 1. The molecule has 4 N–H and O–H groups in total. The van der Waals surface area contributed by atoms with Crippen LogP contribution in [0.4, 0.5) is 10.6 Å². The maximum Gasteiger partial charge on any atom is 0.404 e. The highest BCUT2D eigenvalue weighted by molar-refractivity contribution is 7.91. The minimum Gasteiger partial charge on any atom is -0.465 e. The van der Waals surface area contributed by atoms with E-state index < -0.39 is 15.9 Å². The summed E-state index contributed by atoms with van der Waals surface area (Å²) < 4.78 is 26.8. The highest BCUT2D eigenvalue weighted by Crippen LogP contribution is 2.40. The summed E-state index contributed by atoms with van der Waals surface area (Å²) >= 11 is 0. The molecule has 3 aromatic rings. The first kappa shape index (κ1) is 25.7. The Hall–Kier alpha value is -3.34. The number of carbonyl (C=O) groups excluding carboxylic acids is 1. The van der Waals surface area contributed by atoms with E-state index in [-0.39, 0.29) is 23.3 Å². The Bertz CT molecular complexity index is 1380. The van der Waals surface area contributed by atoms with E-state index in [0.29, 0.717) is 28.7 Å². The third-order valence-corrected chi connectivity index (χ3v) is 8.30. The second kappa shape index (κ2) is 10.3. The average Bonchev–Trinajstić information content (AvgIpc) is 3.50. The van der Waals surface area contributed by atoms with Crippen molar-refractivity contribution in [3.63, 3.8) is 0 Å². The van der Waals surface area contributed by atoms with E-state index in [1.165, 1.54) is 0 Å². The van der Waals surface area contributed by atoms with Gasteiger partial charge in [-0.2, -0.15) is 5.10 Å². The molecular formula is C25H33N5O5S. The number of sulfone groups is 1. The van der Waals surface area contributed by atoms with Crippen molar-refractivity contribution in [3.8, 4) is 0 Å². The van der Waals surface area contributed by atoms with Crippen LogP contribution >= 0.6 is 0 Å². The summed E-state index contributed by atoms with van der Waals surface area (Å²) in [7, 11) is -1.78. The number of amides is 2. The molecule has 2 amide bonds. The Morgan fingerprint density at radius 3 is 2.75 bits per heavy atom. The Morgan fingerprint density at radius 2 is 2.03 bits per heavy atom. The highest BCUT2D eigenvalue weighted by Gasteiger charge is 2.28. The van der Waals surface area contributed by atoms with Crippen LogP contribution in [0.5, 0.6) is 0 Å². The van der Waals surface area contributed by atoms with Gasteiger partial charge in [0.1, 0.15) is 0 Å². The molecule has 2 aromatic heterocycles. The van der Waals surface area contributed by atoms with Crippen molar-refractivity contribution in [3.05, 3.63) is 41.7 Å². The number of fused-ring (bicyclic) bond motifs is 1. The van der Waals surface area contributed by atoms with Gasteiger partial charge in [-0.25, -0.2) is 13.2 Å². The summed E-state index contributed by atoms with van der Waals surface area (Å²) in [5, 5.41) is 22.0. The minimum absolute atomic E-state index is 0.0689. The number of H-pyrrole nitrogens is 1. The van der Waals surface area contributed by atoms with Crippen LogP contribution in [0.15, 0.2) is 35.2 Å². The standard InChI is InChI=1S/C25H33N5O5S/c1-15(26-25(32)33)8-9-16-10-11-17(12-16)19-13-22(29-28-19)27-23(31)14-21-24(36(3,34)35)18-6-4-5-7-20(18)30(21)2/h4-7,13,15-17,26H,8-12,14H2,1-3H3,(H,32,33)(H2,27,28,29,31)/t15-,16?,17?/m0/s1. The molecule has 10 nitrogen and oxygen atoms in total. The molecular weight excluding hydrogens is 482 g/mol. The Kier molecular flexibility index (Phi) is 7.39. The molecule has 1 aliphatic carbocycles. The molecule has 0 aliphatic heterocycles. The number of para-hydroxylation sites is 1. The molecule has 36 heavy (non-hydrogen) atoms. The quantitative estimate of drug-likeness (QED) is 0.341. The Morgan fingerprint density at radius 1 is 1.28 bits per heavy atom. The molecule has 1 saturated carbocycles. The summed E-state index contributed by atoms with van der Waals surface area (Å²) in [6, 6.07) is 8.99. The second-order valence-corrected chi connectivity index (χ2v) is 11.8. The van der Waals surface area contributed by atoms with Gasteiger partial charge in [-0.3, -0.25) is 9.89 Å². The molecule has 2 unspecified atom stereocenters. The fourth-order valence-electron chi connectivity index (χ4n) is 5.36. The first-order chi connectivity index (χ1) is 17.0. The van der Waals surface area contributed by atoms with Crippen LogP contribution in [-0.2, 0) is 28.1 Å². The number of aromatic nitrogens is 3. The van der Waals surface area contributed by atoms with E-state index >= 15 is 0 Å². The smallest absolute Gasteiger partial charge is 0.404 e. The third-order valence-electron chi connectivity index (χ3n) is 7.10. The maximum absolute atomic E-state index is 12.9. The van der Waals surface area contributed by atoms with Crippen molar-refractivity contribution in [2.75, 3.05) is 11.6 Å². The summed E-state index contributed by atoms with van der Waals surface area (Å²) in [6.07, 6.45) is 4.91. The zero-order valence-electron chi connectivity index (χ0n) is 20.7. The summed E-state index contributed by atoms with van der Waals surface area (Å²) in [5.41, 5.74) is 2.16. The van der Waals surface area contributed by atoms with E-state index in [9.17, 15) is 18.0 Å². The lowest BCUT2D eigenvalue weighted by molar-refractivity contribution is -0.115. The molecule has 0 bridgehead atoms. The number of nitrogens with one attached hydrogen (secondary N) is 3. The predicted molar refractivity (Wildman–Crippen MR) is 137 cm³/mol. The zero-order valence-corrected chi connectivity index (χ0v) is 21.6. The van der Waals surface area contributed by atoms with Gasteiger partial charge in [-0.05, 0) is 51.0 Å². The van der Waals surface area contributed by atoms with Gasteiger partial charge in [0.25, 0.3) is 0 Å². The van der Waals surface area contributed by atoms with E-state index in [2.05, 4.69) is 20.8 Å². The molecule has 1 aliphatic rings. The number of hydrogen-bond donors (Lipinski definition) is 4. The SMILES string of the molecule is C[C@@H](CCC1CCC(c2cc(NC(=O)Cc3c(S(C)(=O)=O)c4ccccc4n3C)n[nH]2)C1)NC(=O)O. The molecule has 3 atom stereocenters. The highest BCUT2D eigenvalue weighted by atomic mass is 32.2. The lowest BCUT2D eigenvalue weighted by Crippen LogP contribution is -2.31. The minimum atomic E-state index is -3.54. The fourth-order valence-corrected chi connectivity index (χ4v) is 6.57. The van der Waals surface area contributed by atoms with Gasteiger partial charge >= 0.3 is 6.09 Å². The second-order valence-electron chi connectivity index (χ2n) is 9.86. The van der Waals surface area contributed by atoms with Gasteiger partial charge in [-0.1, -0.05) is 18.2 Å². The number of hydrogen-bond acceptors (Lipinski definition) is 5. The zero-order chi connectivity index (χ0) is 26.0. The lowest BCUT2D eigenvalue weighted by Gasteiger charge is -2.14. The van der Waals surface area contributed by atoms with Gasteiger partial charge in [0.05, 0.1) is 11.3 Å². The fraction of sp³-hybridized carbons (Fsp3) is 0.480. The topological polar surface area (TPSA) is 146 Å². The maximum atomic E-state index is 12.9. The van der Waals surface area contributed by atoms with Crippen LogP contribution in [0, 0.1) is 5.92 Å². The van der Waals surface area contributed by atoms with Crippen LogP contribution < -0.4 is 10.6 Å². The molecule has 194 valence electrons. The van der Waals surface area contributed by atoms with Crippen molar-refractivity contribution in [2.45, 2.75) is 62.3 Å². The monoisotopic (exact) mass is 515 g/mol. The van der Waals surface area contributed by atoms with Crippen LogP contribution in [0.1, 0.15) is 56.3 Å². The van der Waals surface area contributed by atoms with E-state index in [1.54, 1.807) is 23.7 Å². The van der Waals surface area contributed by atoms with Crippen LogP contribution in [0.2, 0.25) is 0 Å². The number of anilines is 1. The van der Waals surface area contributed by atoms with Crippen LogP contribution in [-0.4, -0.2) is 52.6 Å². The number of aromatic amines is 1. The largest absolute Gasteiger partial charge is 0.465 e. The van der Waals surface area contributed by atoms with Crippen molar-refractivity contribution in [2.24, 2.45) is 13.0 Å². The molecule has 0 spiro atoms. The summed E-state index contributed by atoms with van der Waals surface area (Å²) in [6.45, 7) is 1.88. The van der Waals surface area contributed by atoms with Gasteiger partial charge in [0.15, 0.2) is 15.7 Å². The molecule has 1 aromatic carbocycles. The molecule has 0 saturated heterocycles. The van der Waals surface area contributed by atoms with E-state index in [0.717, 1.165) is 49.6 Å². The molecule has 2 heterocycles. The van der Waals surface area contributed by atoms with Crippen LogP contribution in [0.25, 0.3) is 10.9 Å². The summed E-state index contributed by atoms with van der Waals surface area (Å²) in [4.78, 5) is 23.8. The normalized spacial score (nSPS) is 18.9. The lowest BCUT2D eigenvalue weighted by atomic mass is 9.96. The van der Waals surface area contributed by atoms with Gasteiger partial charge in [-0.15, -0.1) is 0 Å². The van der Waals surface area contributed by atoms with Crippen molar-refractivity contribution in [1.82, 2.24) is 20.1 Å². The number of aryl methyl sites for hydroxylation is 1. The first-order valence-electron chi connectivity index (χ1n) is 12.1. The first-order valence-corrected chi connectivity index (χ1v) is 14.0. The van der Waals surface area contributed by atoms with Gasteiger partial charge in [0, 0.05) is 53.6 Å². The molecule has 4 rings (SSSR count). The van der Waals surface area contributed by atoms with Crippen molar-refractivity contribution < 1.29 is 23.1 Å². The number of rotatable bonds is 9. The predicted octanol–water partition coefficient (Wildman–Crippen LogP) is 3.81. The number of carbonyl (C=O) groups is 2. The number of benzene rings is 1. The van der Waals surface area contributed by atoms with Crippen molar-refractivity contribution >= 4 is 38.6 Å². The third kappa shape index (κ3) is 5.72. The number of nitrogens with zero attached hydrogens (tertiary/aromatic N) is 2. The van der Waals surface area contributed by atoms with Gasteiger partial charge in [0.2, 0.25) is 5.91 Å². The van der Waals surface area contributed by atoms with Crippen LogP contribution in [0.3, 0.4) is 0 Å². The van der Waals surface area contributed by atoms with E-state index in [1.807, 2.05) is 25.1 Å². The molecule has 0 radical (unpaired) electrons. The van der Waals surface area contributed by atoms with Crippen molar-refractivity contribution in [1.29, 1.82) is 0 Å². The molecule has 11 heteroatoms.